The first-order chi connectivity index (χ1) is 10.0. The van der Waals surface area contributed by atoms with E-state index in [0.29, 0.717) is 19.1 Å². The van der Waals surface area contributed by atoms with Crippen LogP contribution < -0.4 is 10.5 Å². The van der Waals surface area contributed by atoms with Crippen molar-refractivity contribution < 1.29 is 9.84 Å². The van der Waals surface area contributed by atoms with Crippen LogP contribution in [0.15, 0.2) is 24.3 Å². The third-order valence-electron chi connectivity index (χ3n) is 5.90. The summed E-state index contributed by atoms with van der Waals surface area (Å²) in [4.78, 5) is 0. The van der Waals surface area contributed by atoms with Gasteiger partial charge < -0.3 is 15.6 Å². The van der Waals surface area contributed by atoms with Crippen molar-refractivity contribution in [2.45, 2.75) is 45.1 Å². The Labute approximate surface area is 127 Å². The van der Waals surface area contributed by atoms with Crippen LogP contribution in [0, 0.1) is 17.3 Å². The second-order valence-electron chi connectivity index (χ2n) is 7.26. The molecule has 1 saturated carbocycles. The van der Waals surface area contributed by atoms with Gasteiger partial charge in [0.15, 0.2) is 0 Å². The van der Waals surface area contributed by atoms with Crippen molar-refractivity contribution in [3.8, 4) is 5.75 Å². The highest BCUT2D eigenvalue weighted by molar-refractivity contribution is 5.37. The number of fused-ring (bicyclic) bond motifs is 1. The van der Waals surface area contributed by atoms with Crippen LogP contribution in [-0.4, -0.2) is 23.9 Å². The smallest absolute Gasteiger partial charge is 0.122 e. The molecule has 0 bridgehead atoms. The van der Waals surface area contributed by atoms with Crippen LogP contribution in [0.3, 0.4) is 0 Å². The Bertz CT molecular complexity index is 518. The Hall–Kier alpha value is -1.06. The molecule has 2 aliphatic rings. The van der Waals surface area contributed by atoms with Crippen LogP contribution in [0.25, 0.3) is 0 Å². The summed E-state index contributed by atoms with van der Waals surface area (Å²) in [5.41, 5.74) is 6.26. The molecule has 1 fully saturated rings. The Morgan fingerprint density at radius 1 is 1.33 bits per heavy atom. The molecule has 1 aromatic carbocycles. The second kappa shape index (κ2) is 5.29. The summed E-state index contributed by atoms with van der Waals surface area (Å²) in [5, 5.41) is 11.5. The van der Waals surface area contributed by atoms with Crippen molar-refractivity contribution in [3.63, 3.8) is 0 Å². The number of benzene rings is 1. The number of rotatable bonds is 2. The summed E-state index contributed by atoms with van der Waals surface area (Å²) in [7, 11) is 0. The molecule has 0 radical (unpaired) electrons. The second-order valence-corrected chi connectivity index (χ2v) is 7.26. The topological polar surface area (TPSA) is 55.5 Å². The molecule has 0 aromatic heterocycles. The third-order valence-corrected chi connectivity index (χ3v) is 5.90. The molecule has 1 aliphatic heterocycles. The Kier molecular flexibility index (Phi) is 3.74. The van der Waals surface area contributed by atoms with Gasteiger partial charge >= 0.3 is 0 Å². The average molecular weight is 289 g/mol. The standard InChI is InChI=1S/C18H27NO2/c1-13-7-8-18(20,14(2)9-13)17(11-19)10-15-5-3-4-6-16(15)21-12-17/h3-6,13-14,20H,7-12,19H2,1-2H3. The average Bonchev–Trinajstić information content (AvgIpc) is 2.50. The number of nitrogens with two attached hydrogens (primary N) is 1. The number of para-hydroxylation sites is 1. The van der Waals surface area contributed by atoms with Gasteiger partial charge in [-0.25, -0.2) is 0 Å². The molecule has 4 unspecified atom stereocenters. The zero-order chi connectivity index (χ0) is 15.1. The van der Waals surface area contributed by atoms with Gasteiger partial charge in [-0.15, -0.1) is 0 Å². The summed E-state index contributed by atoms with van der Waals surface area (Å²) >= 11 is 0. The van der Waals surface area contributed by atoms with Crippen molar-refractivity contribution >= 4 is 0 Å². The highest BCUT2D eigenvalue weighted by atomic mass is 16.5. The summed E-state index contributed by atoms with van der Waals surface area (Å²) in [6, 6.07) is 8.13. The first-order valence-electron chi connectivity index (χ1n) is 8.14. The monoisotopic (exact) mass is 289 g/mol. The molecule has 3 N–H and O–H groups in total. The molecule has 0 spiro atoms. The molecule has 4 atom stereocenters. The lowest BCUT2D eigenvalue weighted by Crippen LogP contribution is -2.62. The van der Waals surface area contributed by atoms with Gasteiger partial charge in [-0.2, -0.15) is 0 Å². The number of ether oxygens (including phenoxy) is 1. The first-order valence-corrected chi connectivity index (χ1v) is 8.14. The van der Waals surface area contributed by atoms with Gasteiger partial charge in [0.1, 0.15) is 5.75 Å². The molecule has 3 nitrogen and oxygen atoms in total. The summed E-state index contributed by atoms with van der Waals surface area (Å²) in [5.74, 6) is 1.90. The molecule has 0 saturated heterocycles. The fourth-order valence-corrected chi connectivity index (χ4v) is 4.43. The number of hydrogen-bond donors (Lipinski definition) is 2. The van der Waals surface area contributed by atoms with Crippen molar-refractivity contribution in [2.24, 2.45) is 23.0 Å². The molecule has 0 amide bonds. The van der Waals surface area contributed by atoms with E-state index in [4.69, 9.17) is 10.5 Å². The summed E-state index contributed by atoms with van der Waals surface area (Å²) in [6.07, 6.45) is 3.79. The minimum Gasteiger partial charge on any atom is -0.493 e. The van der Waals surface area contributed by atoms with E-state index in [0.717, 1.165) is 31.4 Å². The largest absolute Gasteiger partial charge is 0.493 e. The van der Waals surface area contributed by atoms with Gasteiger partial charge in [-0.05, 0) is 49.1 Å². The first kappa shape index (κ1) is 14.9. The lowest BCUT2D eigenvalue weighted by molar-refractivity contribution is -0.163. The SMILES string of the molecule is CC1CCC(O)(C2(CN)COc3ccccc3C2)C(C)C1. The maximum atomic E-state index is 11.5. The van der Waals surface area contributed by atoms with E-state index in [9.17, 15) is 5.11 Å². The Balaban J connectivity index is 1.95. The predicted octanol–water partition coefficient (Wildman–Crippen LogP) is 2.75. The van der Waals surface area contributed by atoms with E-state index in [2.05, 4.69) is 19.9 Å². The fourth-order valence-electron chi connectivity index (χ4n) is 4.43. The summed E-state index contributed by atoms with van der Waals surface area (Å²) < 4.78 is 5.98. The molecule has 21 heavy (non-hydrogen) atoms. The molecule has 3 rings (SSSR count). The molecular formula is C18H27NO2. The maximum Gasteiger partial charge on any atom is 0.122 e. The van der Waals surface area contributed by atoms with Gasteiger partial charge in [0.25, 0.3) is 0 Å². The number of hydrogen-bond acceptors (Lipinski definition) is 3. The molecule has 1 aliphatic carbocycles. The lowest BCUT2D eigenvalue weighted by atomic mass is 9.57. The maximum absolute atomic E-state index is 11.5. The highest BCUT2D eigenvalue weighted by Gasteiger charge is 2.55. The molecular weight excluding hydrogens is 262 g/mol. The normalized spacial score (nSPS) is 39.4. The van der Waals surface area contributed by atoms with E-state index in [1.807, 2.05) is 18.2 Å². The van der Waals surface area contributed by atoms with Crippen LogP contribution in [0.2, 0.25) is 0 Å². The van der Waals surface area contributed by atoms with E-state index < -0.39 is 5.60 Å². The van der Waals surface area contributed by atoms with E-state index >= 15 is 0 Å². The molecule has 3 heteroatoms. The van der Waals surface area contributed by atoms with E-state index in [1.54, 1.807) is 0 Å². The Morgan fingerprint density at radius 2 is 2.10 bits per heavy atom. The molecule has 116 valence electrons. The molecule has 1 aromatic rings. The number of aliphatic hydroxyl groups is 1. The van der Waals surface area contributed by atoms with Crippen LogP contribution in [0.1, 0.15) is 38.7 Å². The zero-order valence-electron chi connectivity index (χ0n) is 13.1. The lowest BCUT2D eigenvalue weighted by Gasteiger charge is -2.54. The van der Waals surface area contributed by atoms with Gasteiger partial charge in [-0.1, -0.05) is 32.0 Å². The van der Waals surface area contributed by atoms with Gasteiger partial charge in [0.2, 0.25) is 0 Å². The van der Waals surface area contributed by atoms with Crippen molar-refractivity contribution in [1.82, 2.24) is 0 Å². The van der Waals surface area contributed by atoms with E-state index in [1.165, 1.54) is 5.56 Å². The van der Waals surface area contributed by atoms with Gasteiger partial charge in [0.05, 0.1) is 12.2 Å². The zero-order valence-corrected chi connectivity index (χ0v) is 13.1. The minimum absolute atomic E-state index is 0.263. The van der Waals surface area contributed by atoms with Gasteiger partial charge in [-0.3, -0.25) is 0 Å². The quantitative estimate of drug-likeness (QED) is 0.880. The minimum atomic E-state index is -0.720. The van der Waals surface area contributed by atoms with Crippen LogP contribution in [-0.2, 0) is 6.42 Å². The van der Waals surface area contributed by atoms with Crippen LogP contribution >= 0.6 is 0 Å². The Morgan fingerprint density at radius 3 is 2.81 bits per heavy atom. The predicted molar refractivity (Wildman–Crippen MR) is 84.3 cm³/mol. The fraction of sp³-hybridized carbons (Fsp3) is 0.667. The van der Waals surface area contributed by atoms with Crippen LogP contribution in [0.4, 0.5) is 0 Å². The summed E-state index contributed by atoms with van der Waals surface area (Å²) in [6.45, 7) is 5.44. The molecule has 1 heterocycles. The van der Waals surface area contributed by atoms with E-state index in [-0.39, 0.29) is 11.3 Å². The third kappa shape index (κ3) is 2.27. The van der Waals surface area contributed by atoms with Crippen molar-refractivity contribution in [3.05, 3.63) is 29.8 Å². The van der Waals surface area contributed by atoms with Crippen LogP contribution in [0.5, 0.6) is 5.75 Å². The van der Waals surface area contributed by atoms with Crippen molar-refractivity contribution in [2.75, 3.05) is 13.2 Å². The highest BCUT2D eigenvalue weighted by Crippen LogP contribution is 2.51. The van der Waals surface area contributed by atoms with Gasteiger partial charge in [0, 0.05) is 12.0 Å². The van der Waals surface area contributed by atoms with Crippen molar-refractivity contribution in [1.29, 1.82) is 0 Å².